The predicted molar refractivity (Wildman–Crippen MR) is 178 cm³/mol. The van der Waals surface area contributed by atoms with Crippen LogP contribution < -0.4 is 0 Å². The fourth-order valence-electron chi connectivity index (χ4n) is 5.70. The van der Waals surface area contributed by atoms with Crippen molar-refractivity contribution in [2.45, 2.75) is 0 Å². The van der Waals surface area contributed by atoms with Crippen molar-refractivity contribution in [2.24, 2.45) is 0 Å². The fraction of sp³-hybridized carbons (Fsp3) is 0. The van der Waals surface area contributed by atoms with Gasteiger partial charge in [0.1, 0.15) is 5.58 Å². The largest absolute Gasteiger partial charge is 0.454 e. The minimum Gasteiger partial charge on any atom is -0.454 e. The highest BCUT2D eigenvalue weighted by atomic mass is 16.3. The number of rotatable bonds is 4. The van der Waals surface area contributed by atoms with Gasteiger partial charge in [-0.2, -0.15) is 0 Å². The normalized spacial score (nSPS) is 14.2. The van der Waals surface area contributed by atoms with Gasteiger partial charge in [0.15, 0.2) is 23.1 Å². The molecule has 0 aliphatic carbocycles. The zero-order chi connectivity index (χ0) is 36.0. The SMILES string of the molecule is [2H]c1c([2H])c([2H])c2c(c1[2H])c1c([2H])c([2H])c([2H])c([2H])c1n2-c1cccc2c1oc1ccc(-c3nc(-c4ccccc4)nc(-c4ccccc4)n3)cc12. The van der Waals surface area contributed by atoms with Crippen molar-refractivity contribution in [3.8, 4) is 39.9 Å². The van der Waals surface area contributed by atoms with Crippen LogP contribution >= 0.6 is 0 Å². The maximum absolute atomic E-state index is 8.92. The van der Waals surface area contributed by atoms with Crippen molar-refractivity contribution in [3.63, 3.8) is 0 Å². The molecule has 0 bridgehead atoms. The summed E-state index contributed by atoms with van der Waals surface area (Å²) in [4.78, 5) is 14.5. The van der Waals surface area contributed by atoms with Gasteiger partial charge in [-0.05, 0) is 36.4 Å². The first-order valence-electron chi connectivity index (χ1n) is 18.0. The first kappa shape index (κ1) is 17.8. The van der Waals surface area contributed by atoms with Crippen LogP contribution in [-0.2, 0) is 0 Å². The van der Waals surface area contributed by atoms with Crippen molar-refractivity contribution in [1.82, 2.24) is 19.5 Å². The maximum Gasteiger partial charge on any atom is 0.164 e. The maximum atomic E-state index is 8.92. The predicted octanol–water partition coefficient (Wildman–Crippen LogP) is 9.87. The Balaban J connectivity index is 1.32. The van der Waals surface area contributed by atoms with E-state index >= 15 is 0 Å². The standard InChI is InChI=1S/C39H24N4O/c1-3-12-25(13-4-1)37-40-38(26-14-5-2-6-15-26)42-39(41-37)27-22-23-35-31(24-27)30-18-11-21-34(36(30)44-35)43-32-19-9-7-16-28(32)29-17-8-10-20-33(29)43/h1-24H/i7D,8D,9D,10D,16D,17D,19D,20D. The van der Waals surface area contributed by atoms with E-state index in [-0.39, 0.29) is 33.9 Å². The number of benzene rings is 6. The van der Waals surface area contributed by atoms with Gasteiger partial charge in [0.05, 0.1) is 27.7 Å². The summed E-state index contributed by atoms with van der Waals surface area (Å²) in [5.74, 6) is 1.49. The highest BCUT2D eigenvalue weighted by molar-refractivity contribution is 6.13. The Morgan fingerprint density at radius 1 is 0.500 bits per heavy atom. The van der Waals surface area contributed by atoms with Gasteiger partial charge >= 0.3 is 0 Å². The van der Waals surface area contributed by atoms with Gasteiger partial charge in [0.25, 0.3) is 0 Å². The van der Waals surface area contributed by atoms with Crippen molar-refractivity contribution in [2.75, 3.05) is 0 Å². The first-order valence-corrected chi connectivity index (χ1v) is 14.0. The molecule has 9 aromatic rings. The Labute approximate surface area is 263 Å². The van der Waals surface area contributed by atoms with E-state index in [0.717, 1.165) is 16.5 Å². The number of para-hydroxylation sites is 3. The van der Waals surface area contributed by atoms with Crippen LogP contribution in [0.4, 0.5) is 0 Å². The molecule has 0 radical (unpaired) electrons. The molecule has 9 rings (SSSR count). The van der Waals surface area contributed by atoms with Gasteiger partial charge in [0, 0.05) is 38.2 Å². The highest BCUT2D eigenvalue weighted by Gasteiger charge is 2.19. The van der Waals surface area contributed by atoms with E-state index in [1.165, 1.54) is 4.57 Å². The van der Waals surface area contributed by atoms with Crippen LogP contribution in [0, 0.1) is 0 Å². The van der Waals surface area contributed by atoms with Gasteiger partial charge in [-0.3, -0.25) is 0 Å². The lowest BCUT2D eigenvalue weighted by Gasteiger charge is -2.08. The van der Waals surface area contributed by atoms with Gasteiger partial charge in [-0.25, -0.2) is 15.0 Å². The molecule has 3 aromatic heterocycles. The number of fused-ring (bicyclic) bond motifs is 6. The molecule has 5 heteroatoms. The molecule has 5 nitrogen and oxygen atoms in total. The number of nitrogens with zero attached hydrogens (tertiary/aromatic N) is 4. The lowest BCUT2D eigenvalue weighted by molar-refractivity contribution is 0.666. The van der Waals surface area contributed by atoms with Gasteiger partial charge in [-0.1, -0.05) is 109 Å². The lowest BCUT2D eigenvalue weighted by atomic mass is 10.1. The number of hydrogen-bond acceptors (Lipinski definition) is 4. The second-order valence-corrected chi connectivity index (χ2v) is 10.3. The summed E-state index contributed by atoms with van der Waals surface area (Å²) in [6.45, 7) is 0. The van der Waals surface area contributed by atoms with Crippen LogP contribution in [0.2, 0.25) is 0 Å². The molecule has 0 unspecified atom stereocenters. The van der Waals surface area contributed by atoms with Crippen LogP contribution in [0.15, 0.2) is 150 Å². The molecule has 0 saturated carbocycles. The van der Waals surface area contributed by atoms with Crippen molar-refractivity contribution in [3.05, 3.63) is 145 Å². The van der Waals surface area contributed by atoms with Gasteiger partial charge in [-0.15, -0.1) is 0 Å². The topological polar surface area (TPSA) is 56.7 Å². The third-order valence-corrected chi connectivity index (χ3v) is 7.71. The average molecular weight is 573 g/mol. The molecule has 0 N–H and O–H groups in total. The second-order valence-electron chi connectivity index (χ2n) is 10.3. The molecular weight excluding hydrogens is 540 g/mol. The Morgan fingerprint density at radius 3 is 1.68 bits per heavy atom. The third kappa shape index (κ3) is 3.83. The highest BCUT2D eigenvalue weighted by Crippen LogP contribution is 2.39. The van der Waals surface area contributed by atoms with Gasteiger partial charge < -0.3 is 8.98 Å². The molecule has 44 heavy (non-hydrogen) atoms. The fourth-order valence-corrected chi connectivity index (χ4v) is 5.70. The molecule has 0 atom stereocenters. The molecular formula is C39H24N4O. The summed E-state index contributed by atoms with van der Waals surface area (Å²) >= 11 is 0. The van der Waals surface area contributed by atoms with E-state index in [1.807, 2.05) is 84.9 Å². The summed E-state index contributed by atoms with van der Waals surface area (Å²) in [5.41, 5.74) is 3.66. The van der Waals surface area contributed by atoms with Crippen LogP contribution in [0.3, 0.4) is 0 Å². The zero-order valence-corrected chi connectivity index (χ0v) is 22.9. The summed E-state index contributed by atoms with van der Waals surface area (Å²) in [7, 11) is 0. The molecule has 3 heterocycles. The Morgan fingerprint density at radius 2 is 1.07 bits per heavy atom. The molecule has 0 fully saturated rings. The van der Waals surface area contributed by atoms with E-state index in [0.29, 0.717) is 45.3 Å². The Bertz CT molecular complexity index is 2810. The van der Waals surface area contributed by atoms with E-state index in [4.69, 9.17) is 30.3 Å². The number of aromatic nitrogens is 4. The number of furan rings is 1. The summed E-state index contributed by atoms with van der Waals surface area (Å²) in [6.07, 6.45) is 0. The summed E-state index contributed by atoms with van der Waals surface area (Å²) in [5, 5.41) is 1.40. The first-order chi connectivity index (χ1) is 25.1. The van der Waals surface area contributed by atoms with Crippen LogP contribution in [-0.4, -0.2) is 19.5 Å². The molecule has 0 aliphatic rings. The zero-order valence-electron chi connectivity index (χ0n) is 30.9. The van der Waals surface area contributed by atoms with E-state index < -0.39 is 36.3 Å². The van der Waals surface area contributed by atoms with Crippen LogP contribution in [0.1, 0.15) is 11.0 Å². The van der Waals surface area contributed by atoms with Gasteiger partial charge in [0.2, 0.25) is 0 Å². The molecule has 0 spiro atoms. The molecule has 6 aromatic carbocycles. The Kier molecular flexibility index (Phi) is 3.94. The monoisotopic (exact) mass is 572 g/mol. The average Bonchev–Trinajstić information content (AvgIpc) is 3.75. The summed E-state index contributed by atoms with van der Waals surface area (Å²) in [6, 6.07) is 26.8. The molecule has 0 aliphatic heterocycles. The summed E-state index contributed by atoms with van der Waals surface area (Å²) < 4.78 is 77.0. The minimum absolute atomic E-state index is 0.00155. The van der Waals surface area contributed by atoms with Crippen molar-refractivity contribution >= 4 is 43.7 Å². The van der Waals surface area contributed by atoms with Crippen LogP contribution in [0.25, 0.3) is 83.6 Å². The van der Waals surface area contributed by atoms with E-state index in [2.05, 4.69) is 0 Å². The van der Waals surface area contributed by atoms with E-state index in [1.54, 1.807) is 12.1 Å². The van der Waals surface area contributed by atoms with Crippen LogP contribution in [0.5, 0.6) is 0 Å². The Hall–Kier alpha value is -6.07. The number of hydrogen-bond donors (Lipinski definition) is 0. The lowest BCUT2D eigenvalue weighted by Crippen LogP contribution is -2.00. The van der Waals surface area contributed by atoms with E-state index in [9.17, 15) is 0 Å². The second kappa shape index (κ2) is 9.75. The molecule has 0 saturated heterocycles. The molecule has 206 valence electrons. The minimum atomic E-state index is -0.498. The third-order valence-electron chi connectivity index (χ3n) is 7.71. The van der Waals surface area contributed by atoms with Crippen molar-refractivity contribution < 1.29 is 15.4 Å². The molecule has 0 amide bonds. The van der Waals surface area contributed by atoms with Crippen molar-refractivity contribution in [1.29, 1.82) is 0 Å². The quantitative estimate of drug-likeness (QED) is 0.211. The smallest absolute Gasteiger partial charge is 0.164 e.